The van der Waals surface area contributed by atoms with Crippen LogP contribution in [-0.2, 0) is 0 Å². The fraction of sp³-hybridized carbons (Fsp3) is 0.923. The van der Waals surface area contributed by atoms with Crippen molar-refractivity contribution in [1.82, 2.24) is 10.2 Å². The summed E-state index contributed by atoms with van der Waals surface area (Å²) in [5.41, 5.74) is 0. The summed E-state index contributed by atoms with van der Waals surface area (Å²) in [6, 6.07) is 4.50. The van der Waals surface area contributed by atoms with Crippen LogP contribution in [0.2, 0.25) is 0 Å². The molecule has 3 unspecified atom stereocenters. The van der Waals surface area contributed by atoms with Crippen molar-refractivity contribution in [2.75, 3.05) is 13.1 Å². The van der Waals surface area contributed by atoms with Crippen molar-refractivity contribution in [1.29, 1.82) is 5.26 Å². The quantitative estimate of drug-likeness (QED) is 0.782. The first-order chi connectivity index (χ1) is 7.86. The lowest BCUT2D eigenvalue weighted by molar-refractivity contribution is 0.308. The van der Waals surface area contributed by atoms with E-state index in [0.29, 0.717) is 12.1 Å². The highest BCUT2D eigenvalue weighted by Crippen LogP contribution is 2.31. The van der Waals surface area contributed by atoms with Gasteiger partial charge in [0.1, 0.15) is 0 Å². The molecule has 0 aromatic heterocycles. The van der Waals surface area contributed by atoms with Gasteiger partial charge in [-0.25, -0.2) is 0 Å². The molecule has 0 spiro atoms. The lowest BCUT2D eigenvalue weighted by Crippen LogP contribution is -2.41. The van der Waals surface area contributed by atoms with E-state index in [4.69, 9.17) is 5.26 Å². The maximum Gasteiger partial charge on any atom is 0.0672 e. The van der Waals surface area contributed by atoms with Crippen LogP contribution in [0.5, 0.6) is 0 Å². The number of likely N-dealkylation sites (tertiary alicyclic amines) is 1. The maximum atomic E-state index is 9.06. The third-order valence-electron chi connectivity index (χ3n) is 4.41. The van der Waals surface area contributed by atoms with Gasteiger partial charge >= 0.3 is 0 Å². The third kappa shape index (κ3) is 2.09. The summed E-state index contributed by atoms with van der Waals surface area (Å²) in [7, 11) is 0. The molecule has 3 heteroatoms. The predicted octanol–water partition coefficient (Wildman–Crippen LogP) is 1.50. The molecule has 0 amide bonds. The number of hydrogen-bond donors (Lipinski definition) is 1. The van der Waals surface area contributed by atoms with E-state index in [9.17, 15) is 0 Å². The van der Waals surface area contributed by atoms with Gasteiger partial charge in [0.15, 0.2) is 0 Å². The Morgan fingerprint density at radius 2 is 2.00 bits per heavy atom. The Hall–Kier alpha value is -0.590. The van der Waals surface area contributed by atoms with E-state index in [1.807, 2.05) is 0 Å². The zero-order valence-electron chi connectivity index (χ0n) is 9.86. The lowest BCUT2D eigenvalue weighted by Gasteiger charge is -2.21. The van der Waals surface area contributed by atoms with Crippen LogP contribution in [0.25, 0.3) is 0 Å². The van der Waals surface area contributed by atoms with E-state index in [1.165, 1.54) is 45.2 Å². The van der Waals surface area contributed by atoms with Crippen LogP contribution in [-0.4, -0.2) is 36.1 Å². The second kappa shape index (κ2) is 4.35. The number of nitrogens with one attached hydrogen (secondary N) is 1. The van der Waals surface area contributed by atoms with Crippen LogP contribution >= 0.6 is 0 Å². The second-order valence-electron chi connectivity index (χ2n) is 5.65. The van der Waals surface area contributed by atoms with Gasteiger partial charge in [-0.15, -0.1) is 0 Å². The van der Waals surface area contributed by atoms with Gasteiger partial charge in [0, 0.05) is 31.2 Å². The summed E-state index contributed by atoms with van der Waals surface area (Å²) >= 11 is 0. The lowest BCUT2D eigenvalue weighted by atomic mass is 10.0. The molecule has 1 saturated heterocycles. The van der Waals surface area contributed by atoms with Crippen LogP contribution in [0.4, 0.5) is 0 Å². The van der Waals surface area contributed by atoms with Crippen LogP contribution in [0, 0.1) is 17.2 Å². The van der Waals surface area contributed by atoms with Crippen molar-refractivity contribution in [3.63, 3.8) is 0 Å². The minimum Gasteiger partial charge on any atom is -0.309 e. The van der Waals surface area contributed by atoms with E-state index >= 15 is 0 Å². The van der Waals surface area contributed by atoms with Crippen LogP contribution < -0.4 is 5.32 Å². The maximum absolute atomic E-state index is 9.06. The summed E-state index contributed by atoms with van der Waals surface area (Å²) in [5.74, 6) is 0.273. The average molecular weight is 219 g/mol. The van der Waals surface area contributed by atoms with Crippen LogP contribution in [0.15, 0.2) is 0 Å². The molecule has 2 saturated carbocycles. The molecule has 88 valence electrons. The number of nitriles is 1. The molecule has 3 atom stereocenters. The van der Waals surface area contributed by atoms with Gasteiger partial charge < -0.3 is 5.32 Å². The highest BCUT2D eigenvalue weighted by molar-refractivity contribution is 4.99. The van der Waals surface area contributed by atoms with E-state index in [1.54, 1.807) is 0 Å². The Bertz CT molecular complexity index is 292. The van der Waals surface area contributed by atoms with E-state index in [0.717, 1.165) is 12.5 Å². The standard InChI is InChI=1S/C13H21N3/c14-8-10-2-1-3-13(10)15-11-6-7-16(9-11)12-4-5-12/h10-13,15H,1-7,9H2. The highest BCUT2D eigenvalue weighted by Gasteiger charge is 2.36. The van der Waals surface area contributed by atoms with Crippen molar-refractivity contribution in [2.45, 2.75) is 56.7 Å². The van der Waals surface area contributed by atoms with Gasteiger partial charge in [-0.2, -0.15) is 5.26 Å². The van der Waals surface area contributed by atoms with Crippen molar-refractivity contribution in [3.05, 3.63) is 0 Å². The van der Waals surface area contributed by atoms with E-state index in [-0.39, 0.29) is 5.92 Å². The molecule has 1 heterocycles. The molecular weight excluding hydrogens is 198 g/mol. The van der Waals surface area contributed by atoms with Crippen LogP contribution in [0.3, 0.4) is 0 Å². The summed E-state index contributed by atoms with van der Waals surface area (Å²) in [5, 5.41) is 12.8. The Morgan fingerprint density at radius 1 is 1.12 bits per heavy atom. The van der Waals surface area contributed by atoms with Crippen molar-refractivity contribution >= 4 is 0 Å². The molecular formula is C13H21N3. The summed E-state index contributed by atoms with van der Waals surface area (Å²) in [4.78, 5) is 2.63. The van der Waals surface area contributed by atoms with Crippen molar-refractivity contribution < 1.29 is 0 Å². The van der Waals surface area contributed by atoms with E-state index < -0.39 is 0 Å². The van der Waals surface area contributed by atoms with Gasteiger partial charge in [-0.1, -0.05) is 6.42 Å². The highest BCUT2D eigenvalue weighted by atomic mass is 15.2. The normalized spacial score (nSPS) is 40.1. The topological polar surface area (TPSA) is 39.1 Å². The minimum atomic E-state index is 0.273. The SMILES string of the molecule is N#CC1CCCC1NC1CCN(C2CC2)C1. The third-order valence-corrected chi connectivity index (χ3v) is 4.41. The van der Waals surface area contributed by atoms with Crippen LogP contribution in [0.1, 0.15) is 38.5 Å². The molecule has 0 bridgehead atoms. The average Bonchev–Trinajstić information content (AvgIpc) is 2.88. The first-order valence-corrected chi connectivity index (χ1v) is 6.76. The first-order valence-electron chi connectivity index (χ1n) is 6.76. The Kier molecular flexibility index (Phi) is 2.87. The first kappa shape index (κ1) is 10.6. The molecule has 16 heavy (non-hydrogen) atoms. The Labute approximate surface area is 97.8 Å². The van der Waals surface area contributed by atoms with Crippen molar-refractivity contribution in [3.8, 4) is 6.07 Å². The molecule has 0 radical (unpaired) electrons. The predicted molar refractivity (Wildman–Crippen MR) is 62.9 cm³/mol. The monoisotopic (exact) mass is 219 g/mol. The zero-order valence-corrected chi connectivity index (χ0v) is 9.86. The largest absolute Gasteiger partial charge is 0.309 e. The van der Waals surface area contributed by atoms with Gasteiger partial charge in [0.05, 0.1) is 12.0 Å². The molecule has 1 N–H and O–H groups in total. The van der Waals surface area contributed by atoms with Gasteiger partial charge in [-0.3, -0.25) is 4.90 Å². The molecule has 0 aromatic carbocycles. The molecule has 3 aliphatic rings. The fourth-order valence-electron chi connectivity index (χ4n) is 3.31. The Morgan fingerprint density at radius 3 is 2.75 bits per heavy atom. The smallest absolute Gasteiger partial charge is 0.0672 e. The van der Waals surface area contributed by atoms with Gasteiger partial charge in [-0.05, 0) is 32.1 Å². The molecule has 0 aromatic rings. The zero-order chi connectivity index (χ0) is 11.0. The molecule has 3 nitrogen and oxygen atoms in total. The number of hydrogen-bond acceptors (Lipinski definition) is 3. The van der Waals surface area contributed by atoms with Gasteiger partial charge in [0.2, 0.25) is 0 Å². The molecule has 3 fully saturated rings. The fourth-order valence-corrected chi connectivity index (χ4v) is 3.31. The second-order valence-corrected chi connectivity index (χ2v) is 5.65. The van der Waals surface area contributed by atoms with Crippen molar-refractivity contribution in [2.24, 2.45) is 5.92 Å². The molecule has 3 rings (SSSR count). The Balaban J connectivity index is 1.50. The molecule has 2 aliphatic carbocycles. The summed E-state index contributed by atoms with van der Waals surface area (Å²) in [6.07, 6.45) is 7.65. The molecule has 1 aliphatic heterocycles. The summed E-state index contributed by atoms with van der Waals surface area (Å²) < 4.78 is 0. The summed E-state index contributed by atoms with van der Waals surface area (Å²) in [6.45, 7) is 2.49. The number of rotatable bonds is 3. The van der Waals surface area contributed by atoms with Gasteiger partial charge in [0.25, 0.3) is 0 Å². The minimum absolute atomic E-state index is 0.273. The van der Waals surface area contributed by atoms with E-state index in [2.05, 4.69) is 16.3 Å². The number of nitrogens with zero attached hydrogens (tertiary/aromatic N) is 2.